The van der Waals surface area contributed by atoms with Crippen LogP contribution in [0.5, 0.6) is 0 Å². The summed E-state index contributed by atoms with van der Waals surface area (Å²) in [5.41, 5.74) is 1.22. The van der Waals surface area contributed by atoms with Crippen molar-refractivity contribution in [3.63, 3.8) is 0 Å². The van der Waals surface area contributed by atoms with Crippen LogP contribution in [0.1, 0.15) is 20.8 Å². The fourth-order valence-electron chi connectivity index (χ4n) is 1.64. The van der Waals surface area contributed by atoms with Crippen LogP contribution in [0.2, 0.25) is 5.02 Å². The molecule has 1 aromatic carbocycles. The first-order valence-corrected chi connectivity index (χ1v) is 7.95. The van der Waals surface area contributed by atoms with Crippen LogP contribution in [-0.2, 0) is 4.79 Å². The lowest BCUT2D eigenvalue weighted by Gasteiger charge is -2.11. The maximum Gasteiger partial charge on any atom is 0.321 e. The van der Waals surface area contributed by atoms with Gasteiger partial charge >= 0.3 is 6.03 Å². The van der Waals surface area contributed by atoms with Crippen molar-refractivity contribution in [3.8, 4) is 0 Å². The van der Waals surface area contributed by atoms with Gasteiger partial charge < -0.3 is 9.73 Å². The zero-order valence-corrected chi connectivity index (χ0v) is 13.9. The number of oxazole rings is 1. The normalized spacial score (nSPS) is 12.4. The summed E-state index contributed by atoms with van der Waals surface area (Å²) in [5, 5.41) is 5.24. The summed E-state index contributed by atoms with van der Waals surface area (Å²) < 4.78 is 5.53. The molecule has 2 aromatic rings. The highest BCUT2D eigenvalue weighted by Gasteiger charge is 2.20. The number of halogens is 1. The predicted octanol–water partition coefficient (Wildman–Crippen LogP) is 3.20. The van der Waals surface area contributed by atoms with E-state index in [2.05, 4.69) is 15.6 Å². The van der Waals surface area contributed by atoms with E-state index in [-0.39, 0.29) is 6.04 Å². The van der Waals surface area contributed by atoms with Crippen LogP contribution in [-0.4, -0.2) is 28.2 Å². The Labute approximate surface area is 137 Å². The number of nitrogens with zero attached hydrogens (tertiary/aromatic N) is 1. The highest BCUT2D eigenvalue weighted by atomic mass is 35.5. The average Bonchev–Trinajstić information content (AvgIpc) is 2.78. The topological polar surface area (TPSA) is 84.2 Å². The van der Waals surface area contributed by atoms with Crippen LogP contribution in [0.3, 0.4) is 0 Å². The number of imide groups is 1. The highest BCUT2D eigenvalue weighted by Crippen LogP contribution is 2.28. The van der Waals surface area contributed by atoms with Crippen molar-refractivity contribution in [2.24, 2.45) is 0 Å². The molecule has 3 amide bonds. The number of nitrogens with one attached hydrogen (secondary N) is 2. The van der Waals surface area contributed by atoms with Gasteiger partial charge in [0.1, 0.15) is 5.52 Å². The van der Waals surface area contributed by atoms with Gasteiger partial charge in [-0.2, -0.15) is 0 Å². The van der Waals surface area contributed by atoms with Crippen molar-refractivity contribution < 1.29 is 14.0 Å². The molecule has 1 aromatic heterocycles. The molecule has 8 heteroatoms. The van der Waals surface area contributed by atoms with E-state index in [9.17, 15) is 9.59 Å². The number of hydrogen-bond acceptors (Lipinski definition) is 5. The van der Waals surface area contributed by atoms with Gasteiger partial charge in [0.15, 0.2) is 5.58 Å². The van der Waals surface area contributed by atoms with Crippen molar-refractivity contribution in [2.75, 3.05) is 0 Å². The smallest absolute Gasteiger partial charge is 0.321 e. The predicted molar refractivity (Wildman–Crippen MR) is 86.1 cm³/mol. The van der Waals surface area contributed by atoms with Gasteiger partial charge in [0.05, 0.1) is 5.25 Å². The Morgan fingerprint density at radius 2 is 2.05 bits per heavy atom. The molecule has 0 aliphatic carbocycles. The van der Waals surface area contributed by atoms with Gasteiger partial charge in [0.2, 0.25) is 5.91 Å². The van der Waals surface area contributed by atoms with Crippen LogP contribution >= 0.6 is 23.4 Å². The number of carbonyl (C=O) groups is 2. The molecule has 0 radical (unpaired) electrons. The van der Waals surface area contributed by atoms with Crippen molar-refractivity contribution in [1.82, 2.24) is 15.6 Å². The lowest BCUT2D eigenvalue weighted by atomic mass is 10.3. The number of thioether (sulfide) groups is 1. The lowest BCUT2D eigenvalue weighted by Crippen LogP contribution is -2.45. The zero-order chi connectivity index (χ0) is 16.3. The maximum absolute atomic E-state index is 11.9. The van der Waals surface area contributed by atoms with E-state index in [1.54, 1.807) is 25.1 Å². The van der Waals surface area contributed by atoms with Gasteiger partial charge in [-0.15, -0.1) is 0 Å². The standard InChI is InChI=1S/C14H16ClN3O3S/c1-7(2)16-13(20)18-12(19)8(3)22-14-17-10-5-4-9(15)6-11(10)21-14/h4-8H,1-3H3,(H2,16,18,19,20)/t8-/m1/s1. The monoisotopic (exact) mass is 341 g/mol. The van der Waals surface area contributed by atoms with Crippen molar-refractivity contribution in [1.29, 1.82) is 0 Å². The van der Waals surface area contributed by atoms with E-state index in [1.165, 1.54) is 0 Å². The number of fused-ring (bicyclic) bond motifs is 1. The molecule has 6 nitrogen and oxygen atoms in total. The molecule has 0 fully saturated rings. The Hall–Kier alpha value is -1.73. The van der Waals surface area contributed by atoms with Gasteiger partial charge in [0.25, 0.3) is 5.22 Å². The molecule has 2 rings (SSSR count). The third-order valence-electron chi connectivity index (χ3n) is 2.63. The molecule has 0 aliphatic heterocycles. The summed E-state index contributed by atoms with van der Waals surface area (Å²) in [5.74, 6) is -0.413. The summed E-state index contributed by atoms with van der Waals surface area (Å²) in [7, 11) is 0. The molecule has 22 heavy (non-hydrogen) atoms. The van der Waals surface area contributed by atoms with Crippen LogP contribution in [0.4, 0.5) is 4.79 Å². The Balaban J connectivity index is 1.99. The largest absolute Gasteiger partial charge is 0.431 e. The Morgan fingerprint density at radius 3 is 2.73 bits per heavy atom. The van der Waals surface area contributed by atoms with E-state index in [0.29, 0.717) is 21.3 Å². The van der Waals surface area contributed by atoms with E-state index in [1.807, 2.05) is 13.8 Å². The number of carbonyl (C=O) groups excluding carboxylic acids is 2. The quantitative estimate of drug-likeness (QED) is 0.834. The average molecular weight is 342 g/mol. The fraction of sp³-hybridized carbons (Fsp3) is 0.357. The second-order valence-electron chi connectivity index (χ2n) is 4.97. The first kappa shape index (κ1) is 16.6. The molecule has 1 heterocycles. The molecule has 1 atom stereocenters. The molecule has 0 aliphatic rings. The summed E-state index contributed by atoms with van der Waals surface area (Å²) in [4.78, 5) is 27.7. The van der Waals surface area contributed by atoms with E-state index >= 15 is 0 Å². The summed E-state index contributed by atoms with van der Waals surface area (Å²) in [6.07, 6.45) is 0. The van der Waals surface area contributed by atoms with Crippen molar-refractivity contribution in [3.05, 3.63) is 23.2 Å². The van der Waals surface area contributed by atoms with Crippen LogP contribution in [0.25, 0.3) is 11.1 Å². The number of hydrogen-bond donors (Lipinski definition) is 2. The molecular formula is C14H16ClN3O3S. The van der Waals surface area contributed by atoms with Gasteiger partial charge in [-0.1, -0.05) is 23.4 Å². The van der Waals surface area contributed by atoms with Gasteiger partial charge in [-0.25, -0.2) is 9.78 Å². The van der Waals surface area contributed by atoms with Crippen LogP contribution in [0, 0.1) is 0 Å². The van der Waals surface area contributed by atoms with Gasteiger partial charge in [-0.3, -0.25) is 10.1 Å². The van der Waals surface area contributed by atoms with Crippen molar-refractivity contribution in [2.45, 2.75) is 37.3 Å². The molecule has 0 bridgehead atoms. The summed E-state index contributed by atoms with van der Waals surface area (Å²) in [6, 6.07) is 4.56. The molecule has 118 valence electrons. The molecular weight excluding hydrogens is 326 g/mol. The Bertz CT molecular complexity index is 702. The van der Waals surface area contributed by atoms with Crippen LogP contribution < -0.4 is 10.6 Å². The van der Waals surface area contributed by atoms with Gasteiger partial charge in [-0.05, 0) is 32.9 Å². The minimum absolute atomic E-state index is 0.0439. The number of aromatic nitrogens is 1. The third-order valence-corrected chi connectivity index (χ3v) is 3.81. The second-order valence-corrected chi connectivity index (χ2v) is 6.70. The Kier molecular flexibility index (Phi) is 5.31. The highest BCUT2D eigenvalue weighted by molar-refractivity contribution is 8.00. The van der Waals surface area contributed by atoms with Gasteiger partial charge in [0, 0.05) is 17.1 Å². The number of urea groups is 1. The molecule has 0 saturated heterocycles. The zero-order valence-electron chi connectivity index (χ0n) is 12.3. The molecule has 0 spiro atoms. The Morgan fingerprint density at radius 1 is 1.32 bits per heavy atom. The SMILES string of the molecule is CC(C)NC(=O)NC(=O)[C@@H](C)Sc1nc2ccc(Cl)cc2o1. The number of amides is 3. The third kappa shape index (κ3) is 4.38. The first-order chi connectivity index (χ1) is 10.3. The minimum atomic E-state index is -0.526. The lowest BCUT2D eigenvalue weighted by molar-refractivity contribution is -0.119. The molecule has 2 N–H and O–H groups in total. The van der Waals surface area contributed by atoms with E-state index in [4.69, 9.17) is 16.0 Å². The summed E-state index contributed by atoms with van der Waals surface area (Å²) in [6.45, 7) is 5.29. The minimum Gasteiger partial charge on any atom is -0.431 e. The fourth-order valence-corrected chi connectivity index (χ4v) is 2.56. The van der Waals surface area contributed by atoms with E-state index in [0.717, 1.165) is 11.8 Å². The number of benzene rings is 1. The summed E-state index contributed by atoms with van der Waals surface area (Å²) >= 11 is 7.01. The van der Waals surface area contributed by atoms with Crippen molar-refractivity contribution >= 4 is 46.4 Å². The second kappa shape index (κ2) is 7.02. The maximum atomic E-state index is 11.9. The number of rotatable bonds is 4. The molecule has 0 saturated carbocycles. The first-order valence-electron chi connectivity index (χ1n) is 6.69. The van der Waals surface area contributed by atoms with E-state index < -0.39 is 17.2 Å². The molecule has 0 unspecified atom stereocenters. The van der Waals surface area contributed by atoms with Crippen LogP contribution in [0.15, 0.2) is 27.8 Å².